The van der Waals surface area contributed by atoms with E-state index in [1.54, 1.807) is 6.92 Å². The molecule has 0 aromatic carbocycles. The molecule has 5 N–H and O–H groups in total. The maximum Gasteiger partial charge on any atom is 0.0678 e. The van der Waals surface area contributed by atoms with Gasteiger partial charge in [0.2, 0.25) is 0 Å². The van der Waals surface area contributed by atoms with Gasteiger partial charge in [-0.15, -0.1) is 0 Å². The smallest absolute Gasteiger partial charge is 0.0678 e. The Balaban J connectivity index is 4.15. The Bertz CT molecular complexity index is 183. The molecular formula is C13H30N2O. The molecule has 0 fully saturated rings. The normalized spacial score (nSPS) is 21.6. The van der Waals surface area contributed by atoms with Crippen molar-refractivity contribution in [3.8, 4) is 0 Å². The highest BCUT2D eigenvalue weighted by molar-refractivity contribution is 4.86. The van der Waals surface area contributed by atoms with Gasteiger partial charge in [-0.05, 0) is 24.7 Å². The van der Waals surface area contributed by atoms with Crippen molar-refractivity contribution in [1.29, 1.82) is 0 Å². The molecular weight excluding hydrogens is 200 g/mol. The van der Waals surface area contributed by atoms with Gasteiger partial charge in [-0.2, -0.15) is 0 Å². The van der Waals surface area contributed by atoms with Gasteiger partial charge in [-0.25, -0.2) is 0 Å². The van der Waals surface area contributed by atoms with Gasteiger partial charge in [0, 0.05) is 12.1 Å². The fourth-order valence-corrected chi connectivity index (χ4v) is 1.91. The summed E-state index contributed by atoms with van der Waals surface area (Å²) in [5.41, 5.74) is 12.0. The van der Waals surface area contributed by atoms with E-state index in [2.05, 4.69) is 27.7 Å². The van der Waals surface area contributed by atoms with Gasteiger partial charge in [0.25, 0.3) is 0 Å². The fraction of sp³-hybridized carbons (Fsp3) is 1.00. The van der Waals surface area contributed by atoms with Gasteiger partial charge in [-0.3, -0.25) is 0 Å². The number of hydrogen-bond acceptors (Lipinski definition) is 3. The van der Waals surface area contributed by atoms with Crippen molar-refractivity contribution in [2.45, 2.75) is 65.6 Å². The molecule has 0 rings (SSSR count). The number of aliphatic hydroxyl groups excluding tert-OH is 1. The molecule has 0 aromatic rings. The average molecular weight is 230 g/mol. The summed E-state index contributed by atoms with van der Waals surface area (Å²) in [7, 11) is 0. The molecule has 0 saturated carbocycles. The Hall–Kier alpha value is -0.120. The highest BCUT2D eigenvalue weighted by atomic mass is 16.3. The van der Waals surface area contributed by atoms with E-state index in [1.165, 1.54) is 12.8 Å². The zero-order chi connectivity index (χ0) is 12.9. The van der Waals surface area contributed by atoms with Gasteiger partial charge in [-0.1, -0.05) is 40.5 Å². The van der Waals surface area contributed by atoms with Crippen LogP contribution in [0.3, 0.4) is 0 Å². The maximum absolute atomic E-state index is 9.44. The van der Waals surface area contributed by atoms with Crippen molar-refractivity contribution in [2.75, 3.05) is 0 Å². The minimum Gasteiger partial charge on any atom is -0.392 e. The van der Waals surface area contributed by atoms with Gasteiger partial charge in [0.05, 0.1) is 6.10 Å². The summed E-state index contributed by atoms with van der Waals surface area (Å²) in [4.78, 5) is 0. The molecule has 0 spiro atoms. The third-order valence-corrected chi connectivity index (χ3v) is 3.71. The molecule has 0 aliphatic heterocycles. The zero-order valence-corrected chi connectivity index (χ0v) is 11.5. The van der Waals surface area contributed by atoms with Gasteiger partial charge < -0.3 is 16.6 Å². The van der Waals surface area contributed by atoms with Crippen LogP contribution >= 0.6 is 0 Å². The molecule has 16 heavy (non-hydrogen) atoms. The van der Waals surface area contributed by atoms with Crippen molar-refractivity contribution >= 4 is 0 Å². The van der Waals surface area contributed by atoms with E-state index in [-0.39, 0.29) is 12.1 Å². The van der Waals surface area contributed by atoms with E-state index < -0.39 is 6.10 Å². The molecule has 0 amide bonds. The van der Waals surface area contributed by atoms with Crippen LogP contribution in [0.2, 0.25) is 0 Å². The van der Waals surface area contributed by atoms with E-state index in [9.17, 15) is 5.11 Å². The lowest BCUT2D eigenvalue weighted by atomic mass is 9.81. The SMILES string of the molecule is CC(C)CCC(C)C(C)C(N)C(N)C(C)O. The number of rotatable bonds is 7. The Morgan fingerprint density at radius 2 is 1.38 bits per heavy atom. The topological polar surface area (TPSA) is 72.3 Å². The third-order valence-electron chi connectivity index (χ3n) is 3.71. The molecule has 0 aliphatic carbocycles. The van der Waals surface area contributed by atoms with Crippen LogP contribution in [0.1, 0.15) is 47.5 Å². The Morgan fingerprint density at radius 3 is 1.75 bits per heavy atom. The molecule has 0 saturated heterocycles. The molecule has 3 nitrogen and oxygen atoms in total. The predicted molar refractivity (Wildman–Crippen MR) is 70.0 cm³/mol. The second-order valence-electron chi connectivity index (χ2n) is 5.70. The minimum atomic E-state index is -0.533. The average Bonchev–Trinajstić information content (AvgIpc) is 2.22. The summed E-state index contributed by atoms with van der Waals surface area (Å²) in [6.07, 6.45) is 1.87. The number of hydrogen-bond donors (Lipinski definition) is 3. The van der Waals surface area contributed by atoms with Crippen LogP contribution in [0, 0.1) is 17.8 Å². The lowest BCUT2D eigenvalue weighted by molar-refractivity contribution is 0.128. The van der Waals surface area contributed by atoms with Gasteiger partial charge in [0.15, 0.2) is 0 Å². The van der Waals surface area contributed by atoms with E-state index in [0.29, 0.717) is 11.8 Å². The molecule has 98 valence electrons. The molecule has 5 atom stereocenters. The summed E-state index contributed by atoms with van der Waals surface area (Å²) in [6.45, 7) is 10.5. The minimum absolute atomic E-state index is 0.123. The zero-order valence-electron chi connectivity index (χ0n) is 11.5. The first-order valence-electron chi connectivity index (χ1n) is 6.46. The molecule has 0 heterocycles. The van der Waals surface area contributed by atoms with Gasteiger partial charge in [0.1, 0.15) is 0 Å². The first kappa shape index (κ1) is 15.9. The Kier molecular flexibility index (Phi) is 7.20. The molecule has 0 radical (unpaired) electrons. The molecule has 0 bridgehead atoms. The summed E-state index contributed by atoms with van der Waals surface area (Å²) < 4.78 is 0. The van der Waals surface area contributed by atoms with Crippen LogP contribution in [0.5, 0.6) is 0 Å². The number of aliphatic hydroxyl groups is 1. The van der Waals surface area contributed by atoms with Crippen LogP contribution in [0.15, 0.2) is 0 Å². The van der Waals surface area contributed by atoms with E-state index in [1.807, 2.05) is 0 Å². The standard InChI is InChI=1S/C13H30N2O/c1-8(2)6-7-9(3)10(4)12(14)13(15)11(5)16/h8-13,16H,6-7,14-15H2,1-5H3. The van der Waals surface area contributed by atoms with Crippen molar-refractivity contribution in [3.63, 3.8) is 0 Å². The quantitative estimate of drug-likeness (QED) is 0.623. The third kappa shape index (κ3) is 5.28. The Labute approximate surface area is 101 Å². The largest absolute Gasteiger partial charge is 0.392 e. The maximum atomic E-state index is 9.44. The highest BCUT2D eigenvalue weighted by Crippen LogP contribution is 2.23. The number of nitrogens with two attached hydrogens (primary N) is 2. The van der Waals surface area contributed by atoms with E-state index >= 15 is 0 Å². The second-order valence-corrected chi connectivity index (χ2v) is 5.70. The van der Waals surface area contributed by atoms with Crippen LogP contribution in [-0.2, 0) is 0 Å². The lowest BCUT2D eigenvalue weighted by Gasteiger charge is -2.32. The molecule has 0 aromatic heterocycles. The molecule has 0 aliphatic rings. The monoisotopic (exact) mass is 230 g/mol. The van der Waals surface area contributed by atoms with Crippen LogP contribution < -0.4 is 11.5 Å². The summed E-state index contributed by atoms with van der Waals surface area (Å²) in [5, 5.41) is 9.44. The highest BCUT2D eigenvalue weighted by Gasteiger charge is 2.27. The lowest BCUT2D eigenvalue weighted by Crippen LogP contribution is -2.52. The first-order chi connectivity index (χ1) is 7.27. The van der Waals surface area contributed by atoms with Crippen molar-refractivity contribution in [2.24, 2.45) is 29.2 Å². The summed E-state index contributed by atoms with van der Waals surface area (Å²) in [6, 6.07) is -0.446. The molecule has 3 heteroatoms. The Morgan fingerprint density at radius 1 is 0.875 bits per heavy atom. The van der Waals surface area contributed by atoms with Crippen LogP contribution in [-0.4, -0.2) is 23.3 Å². The van der Waals surface area contributed by atoms with Crippen molar-refractivity contribution < 1.29 is 5.11 Å². The van der Waals surface area contributed by atoms with Crippen molar-refractivity contribution in [3.05, 3.63) is 0 Å². The second kappa shape index (κ2) is 7.25. The molecule has 5 unspecified atom stereocenters. The van der Waals surface area contributed by atoms with E-state index in [4.69, 9.17) is 11.5 Å². The van der Waals surface area contributed by atoms with Crippen molar-refractivity contribution in [1.82, 2.24) is 0 Å². The first-order valence-corrected chi connectivity index (χ1v) is 6.46. The van der Waals surface area contributed by atoms with Crippen LogP contribution in [0.4, 0.5) is 0 Å². The fourth-order valence-electron chi connectivity index (χ4n) is 1.91. The predicted octanol–water partition coefficient (Wildman–Crippen LogP) is 1.73. The van der Waals surface area contributed by atoms with Crippen LogP contribution in [0.25, 0.3) is 0 Å². The van der Waals surface area contributed by atoms with E-state index in [0.717, 1.165) is 5.92 Å². The summed E-state index contributed by atoms with van der Waals surface area (Å²) >= 11 is 0. The summed E-state index contributed by atoms with van der Waals surface area (Å²) in [5.74, 6) is 1.64. The van der Waals surface area contributed by atoms with Gasteiger partial charge >= 0.3 is 0 Å².